The van der Waals surface area contributed by atoms with Gasteiger partial charge in [0, 0.05) is 16.6 Å². The van der Waals surface area contributed by atoms with Crippen molar-refractivity contribution in [3.63, 3.8) is 0 Å². The Bertz CT molecular complexity index is 879. The summed E-state index contributed by atoms with van der Waals surface area (Å²) >= 11 is 1.52. The summed E-state index contributed by atoms with van der Waals surface area (Å²) in [6, 6.07) is 11.4. The summed E-state index contributed by atoms with van der Waals surface area (Å²) in [4.78, 5) is 24.4. The molecule has 1 amide bonds. The number of fused-ring (bicyclic) bond motifs is 1. The number of nitrogens with zero attached hydrogens (tertiary/aromatic N) is 1. The second kappa shape index (κ2) is 6.15. The number of carbonyl (C=O) groups is 1. The first kappa shape index (κ1) is 14.5. The van der Waals surface area contributed by atoms with Crippen LogP contribution in [0.1, 0.15) is 12.5 Å². The van der Waals surface area contributed by atoms with Crippen molar-refractivity contribution in [3.8, 4) is 0 Å². The van der Waals surface area contributed by atoms with Crippen LogP contribution < -0.4 is 10.9 Å². The number of aryl methyl sites for hydroxylation is 1. The van der Waals surface area contributed by atoms with Crippen molar-refractivity contribution < 1.29 is 4.79 Å². The zero-order chi connectivity index (χ0) is 15.5. The summed E-state index contributed by atoms with van der Waals surface area (Å²) in [5, 5.41) is 5.38. The lowest BCUT2D eigenvalue weighted by Crippen LogP contribution is -2.27. The highest BCUT2D eigenvalue weighted by Crippen LogP contribution is 2.16. The fourth-order valence-electron chi connectivity index (χ4n) is 2.36. The van der Waals surface area contributed by atoms with Gasteiger partial charge in [-0.25, -0.2) is 0 Å². The summed E-state index contributed by atoms with van der Waals surface area (Å²) in [5.74, 6) is -0.204. The van der Waals surface area contributed by atoms with Crippen molar-refractivity contribution in [2.75, 3.05) is 5.32 Å². The van der Waals surface area contributed by atoms with E-state index in [0.717, 1.165) is 22.4 Å². The first-order valence-electron chi connectivity index (χ1n) is 7.13. The summed E-state index contributed by atoms with van der Waals surface area (Å²) in [6.45, 7) is 2.08. The van der Waals surface area contributed by atoms with E-state index >= 15 is 0 Å². The van der Waals surface area contributed by atoms with Crippen LogP contribution in [0.2, 0.25) is 0 Å². The van der Waals surface area contributed by atoms with E-state index in [0.29, 0.717) is 5.39 Å². The van der Waals surface area contributed by atoms with Gasteiger partial charge in [0.05, 0.1) is 5.39 Å². The zero-order valence-corrected chi connectivity index (χ0v) is 13.0. The third-order valence-electron chi connectivity index (χ3n) is 3.53. The van der Waals surface area contributed by atoms with Crippen molar-refractivity contribution in [2.45, 2.75) is 19.9 Å². The number of thiophene rings is 1. The number of hydrogen-bond donors (Lipinski definition) is 1. The van der Waals surface area contributed by atoms with Crippen molar-refractivity contribution in [1.29, 1.82) is 0 Å². The first-order valence-corrected chi connectivity index (χ1v) is 8.01. The fraction of sp³-hybridized carbons (Fsp3) is 0.176. The molecule has 3 rings (SSSR count). The van der Waals surface area contributed by atoms with E-state index in [2.05, 4.69) is 12.2 Å². The van der Waals surface area contributed by atoms with Crippen LogP contribution in [0.5, 0.6) is 0 Å². The molecule has 2 heterocycles. The molecule has 0 saturated carbocycles. The Morgan fingerprint density at radius 2 is 2.14 bits per heavy atom. The molecule has 0 aliphatic heterocycles. The van der Waals surface area contributed by atoms with Gasteiger partial charge in [-0.05, 0) is 41.6 Å². The van der Waals surface area contributed by atoms with Crippen LogP contribution in [-0.2, 0) is 17.8 Å². The molecule has 5 heteroatoms. The minimum atomic E-state index is -0.204. The third kappa shape index (κ3) is 2.94. The minimum Gasteiger partial charge on any atom is -0.325 e. The number of rotatable bonds is 4. The van der Waals surface area contributed by atoms with E-state index in [9.17, 15) is 9.59 Å². The van der Waals surface area contributed by atoms with Crippen LogP contribution in [0.3, 0.4) is 0 Å². The van der Waals surface area contributed by atoms with Gasteiger partial charge in [0.15, 0.2) is 0 Å². The van der Waals surface area contributed by atoms with Gasteiger partial charge in [0.1, 0.15) is 6.54 Å². The second-order valence-corrected chi connectivity index (χ2v) is 6.00. The Morgan fingerprint density at radius 3 is 2.95 bits per heavy atom. The molecule has 0 spiro atoms. The fourth-order valence-corrected chi connectivity index (χ4v) is 3.13. The lowest BCUT2D eigenvalue weighted by Gasteiger charge is -2.08. The van der Waals surface area contributed by atoms with Gasteiger partial charge < -0.3 is 9.88 Å². The lowest BCUT2D eigenvalue weighted by molar-refractivity contribution is -0.116. The van der Waals surface area contributed by atoms with Gasteiger partial charge in [-0.1, -0.05) is 19.1 Å². The number of anilines is 1. The molecule has 0 atom stereocenters. The molecule has 0 aliphatic rings. The summed E-state index contributed by atoms with van der Waals surface area (Å²) in [5.41, 5.74) is 1.79. The number of hydrogen-bond acceptors (Lipinski definition) is 3. The molecule has 22 heavy (non-hydrogen) atoms. The largest absolute Gasteiger partial charge is 0.325 e. The summed E-state index contributed by atoms with van der Waals surface area (Å²) in [7, 11) is 0. The molecule has 4 nitrogen and oxygen atoms in total. The van der Waals surface area contributed by atoms with Gasteiger partial charge in [-0.15, -0.1) is 11.3 Å². The Morgan fingerprint density at radius 1 is 1.27 bits per heavy atom. The van der Waals surface area contributed by atoms with Crippen LogP contribution in [0, 0.1) is 0 Å². The number of amides is 1. The molecule has 0 radical (unpaired) electrons. The normalized spacial score (nSPS) is 10.8. The highest BCUT2D eigenvalue weighted by atomic mass is 32.1. The Hall–Kier alpha value is -2.40. The van der Waals surface area contributed by atoms with Crippen molar-refractivity contribution in [2.24, 2.45) is 0 Å². The van der Waals surface area contributed by atoms with E-state index in [1.54, 1.807) is 12.3 Å². The van der Waals surface area contributed by atoms with Gasteiger partial charge >= 0.3 is 0 Å². The number of nitrogens with one attached hydrogen (secondary N) is 1. The summed E-state index contributed by atoms with van der Waals surface area (Å²) in [6.07, 6.45) is 2.58. The molecule has 112 valence electrons. The highest BCUT2D eigenvalue weighted by molar-refractivity contribution is 7.17. The van der Waals surface area contributed by atoms with Gasteiger partial charge in [-0.2, -0.15) is 0 Å². The summed E-state index contributed by atoms with van der Waals surface area (Å²) < 4.78 is 2.38. The quantitative estimate of drug-likeness (QED) is 0.804. The van der Waals surface area contributed by atoms with Gasteiger partial charge in [-0.3, -0.25) is 9.59 Å². The number of pyridine rings is 1. The monoisotopic (exact) mass is 312 g/mol. The van der Waals surface area contributed by atoms with E-state index < -0.39 is 0 Å². The van der Waals surface area contributed by atoms with E-state index in [1.807, 2.05) is 35.7 Å². The van der Waals surface area contributed by atoms with Gasteiger partial charge in [0.2, 0.25) is 5.91 Å². The van der Waals surface area contributed by atoms with E-state index in [-0.39, 0.29) is 18.0 Å². The Labute approximate surface area is 132 Å². The maximum Gasteiger partial charge on any atom is 0.259 e. The van der Waals surface area contributed by atoms with Crippen LogP contribution >= 0.6 is 11.3 Å². The second-order valence-electron chi connectivity index (χ2n) is 5.05. The maximum atomic E-state index is 12.3. The Balaban J connectivity index is 1.78. The standard InChI is InChI=1S/C17H16N2O2S/c1-2-12-4-3-5-13(10-12)18-16(20)11-19-8-6-15-14(17(19)21)7-9-22-15/h3-10H,2,11H2,1H3,(H,18,20). The molecular formula is C17H16N2O2S. The van der Waals surface area contributed by atoms with Crippen molar-refractivity contribution in [1.82, 2.24) is 4.57 Å². The topological polar surface area (TPSA) is 51.1 Å². The predicted molar refractivity (Wildman–Crippen MR) is 90.5 cm³/mol. The molecule has 1 aromatic carbocycles. The molecular weight excluding hydrogens is 296 g/mol. The average molecular weight is 312 g/mol. The van der Waals surface area contributed by atoms with Gasteiger partial charge in [0.25, 0.3) is 5.56 Å². The van der Waals surface area contributed by atoms with Crippen LogP contribution in [0.25, 0.3) is 10.1 Å². The average Bonchev–Trinajstić information content (AvgIpc) is 2.99. The minimum absolute atomic E-state index is 0.0149. The molecule has 1 N–H and O–H groups in total. The molecule has 0 bridgehead atoms. The molecule has 2 aromatic heterocycles. The lowest BCUT2D eigenvalue weighted by atomic mass is 10.1. The molecule has 0 fully saturated rings. The molecule has 0 saturated heterocycles. The van der Waals surface area contributed by atoms with Crippen molar-refractivity contribution >= 4 is 33.0 Å². The van der Waals surface area contributed by atoms with E-state index in [4.69, 9.17) is 0 Å². The Kier molecular flexibility index (Phi) is 4.06. The van der Waals surface area contributed by atoms with Crippen LogP contribution in [-0.4, -0.2) is 10.5 Å². The van der Waals surface area contributed by atoms with Crippen LogP contribution in [0.15, 0.2) is 52.8 Å². The number of aromatic nitrogens is 1. The van der Waals surface area contributed by atoms with Crippen LogP contribution in [0.4, 0.5) is 5.69 Å². The first-order chi connectivity index (χ1) is 10.7. The third-order valence-corrected chi connectivity index (χ3v) is 4.41. The molecule has 0 aliphatic carbocycles. The van der Waals surface area contributed by atoms with E-state index in [1.165, 1.54) is 15.9 Å². The maximum absolute atomic E-state index is 12.3. The number of benzene rings is 1. The molecule has 3 aromatic rings. The smallest absolute Gasteiger partial charge is 0.259 e. The molecule has 0 unspecified atom stereocenters. The SMILES string of the molecule is CCc1cccc(NC(=O)Cn2ccc3sccc3c2=O)c1. The van der Waals surface area contributed by atoms with Crippen molar-refractivity contribution in [3.05, 3.63) is 63.9 Å². The zero-order valence-electron chi connectivity index (χ0n) is 12.2. The highest BCUT2D eigenvalue weighted by Gasteiger charge is 2.08. The number of carbonyl (C=O) groups excluding carboxylic acids is 1. The predicted octanol–water partition coefficient (Wildman–Crippen LogP) is 3.26.